The Balaban J connectivity index is 1.46. The van der Waals surface area contributed by atoms with Gasteiger partial charge < -0.3 is 18.9 Å². The Kier molecular flexibility index (Phi) is 3.17. The van der Waals surface area contributed by atoms with Gasteiger partial charge in [-0.05, 0) is 33.6 Å². The van der Waals surface area contributed by atoms with Crippen molar-refractivity contribution in [1.82, 2.24) is 0 Å². The van der Waals surface area contributed by atoms with Gasteiger partial charge in [0.2, 0.25) is 0 Å². The molecule has 0 radical (unpaired) electrons. The topological polar surface area (TPSA) is 36.9 Å². The molecule has 1 aliphatic carbocycles. The van der Waals surface area contributed by atoms with Crippen LogP contribution in [0.4, 0.5) is 0 Å². The van der Waals surface area contributed by atoms with Gasteiger partial charge in [0.05, 0.1) is 24.4 Å². The quantitative estimate of drug-likeness (QED) is 0.760. The van der Waals surface area contributed by atoms with E-state index in [2.05, 4.69) is 27.7 Å². The highest BCUT2D eigenvalue weighted by Crippen LogP contribution is 2.49. The summed E-state index contributed by atoms with van der Waals surface area (Å²) in [5, 5.41) is 0. The molecule has 0 aromatic rings. The van der Waals surface area contributed by atoms with Gasteiger partial charge in [-0.25, -0.2) is 0 Å². The van der Waals surface area contributed by atoms with E-state index in [1.54, 1.807) is 0 Å². The normalized spacial score (nSPS) is 44.7. The van der Waals surface area contributed by atoms with E-state index in [0.29, 0.717) is 5.92 Å². The molecular weight excluding hydrogens is 232 g/mol. The van der Waals surface area contributed by atoms with E-state index in [1.165, 1.54) is 0 Å². The highest BCUT2D eigenvalue weighted by molar-refractivity contribution is 4.94. The highest BCUT2D eigenvalue weighted by Gasteiger charge is 2.54. The van der Waals surface area contributed by atoms with Crippen LogP contribution in [-0.2, 0) is 18.9 Å². The second-order valence-corrected chi connectivity index (χ2v) is 6.18. The molecule has 0 N–H and O–H groups in total. The van der Waals surface area contributed by atoms with E-state index in [0.717, 1.165) is 19.3 Å². The molecular formula is C14H24O4. The largest absolute Gasteiger partial charge is 0.347 e. The molecule has 0 bridgehead atoms. The maximum absolute atomic E-state index is 5.93. The first-order valence-corrected chi connectivity index (χ1v) is 7.14. The number of rotatable bonds is 2. The zero-order chi connectivity index (χ0) is 12.9. The zero-order valence-electron chi connectivity index (χ0n) is 11.7. The van der Waals surface area contributed by atoms with Crippen molar-refractivity contribution in [3.05, 3.63) is 0 Å². The third-order valence-electron chi connectivity index (χ3n) is 4.58. The van der Waals surface area contributed by atoms with E-state index >= 15 is 0 Å². The lowest BCUT2D eigenvalue weighted by Gasteiger charge is -2.44. The van der Waals surface area contributed by atoms with Crippen LogP contribution in [0.1, 0.15) is 47.0 Å². The average molecular weight is 256 g/mol. The van der Waals surface area contributed by atoms with Crippen LogP contribution in [0.3, 0.4) is 0 Å². The minimum Gasteiger partial charge on any atom is -0.347 e. The molecule has 0 unspecified atom stereocenters. The predicted octanol–water partition coefficient (Wildman–Crippen LogP) is 2.46. The Labute approximate surface area is 109 Å². The molecule has 1 saturated carbocycles. The van der Waals surface area contributed by atoms with Crippen molar-refractivity contribution in [3.8, 4) is 0 Å². The molecule has 18 heavy (non-hydrogen) atoms. The van der Waals surface area contributed by atoms with E-state index < -0.39 is 0 Å². The molecule has 0 aromatic carbocycles. The Bertz CT molecular complexity index is 288. The van der Waals surface area contributed by atoms with Crippen LogP contribution in [0.25, 0.3) is 0 Å². The monoisotopic (exact) mass is 256 g/mol. The number of hydrogen-bond acceptors (Lipinski definition) is 4. The second-order valence-electron chi connectivity index (χ2n) is 6.18. The molecule has 3 fully saturated rings. The van der Waals surface area contributed by atoms with Crippen molar-refractivity contribution in [2.45, 2.75) is 83.5 Å². The van der Waals surface area contributed by atoms with Crippen molar-refractivity contribution >= 4 is 0 Å². The van der Waals surface area contributed by atoms with Crippen LogP contribution in [0.15, 0.2) is 0 Å². The summed E-state index contributed by atoms with van der Waals surface area (Å²) >= 11 is 0. The van der Waals surface area contributed by atoms with Gasteiger partial charge in [-0.2, -0.15) is 0 Å². The number of hydrogen-bond donors (Lipinski definition) is 0. The van der Waals surface area contributed by atoms with Gasteiger partial charge in [0, 0.05) is 19.3 Å². The minimum atomic E-state index is -0.292. The Morgan fingerprint density at radius 2 is 1.33 bits per heavy atom. The average Bonchev–Trinajstić information content (AvgIpc) is 2.69. The van der Waals surface area contributed by atoms with Gasteiger partial charge in [-0.1, -0.05) is 0 Å². The Hall–Kier alpha value is -0.160. The lowest BCUT2D eigenvalue weighted by atomic mass is 9.76. The van der Waals surface area contributed by atoms with E-state index in [-0.39, 0.29) is 36.5 Å². The van der Waals surface area contributed by atoms with E-state index in [1.807, 2.05) is 0 Å². The third kappa shape index (κ3) is 2.20. The molecule has 1 spiro atoms. The first kappa shape index (κ1) is 12.9. The molecule has 104 valence electrons. The van der Waals surface area contributed by atoms with Gasteiger partial charge in [-0.15, -0.1) is 0 Å². The fourth-order valence-electron chi connectivity index (χ4n) is 3.19. The second kappa shape index (κ2) is 4.44. The van der Waals surface area contributed by atoms with Crippen LogP contribution in [0.2, 0.25) is 0 Å². The Morgan fingerprint density at radius 1 is 0.833 bits per heavy atom. The van der Waals surface area contributed by atoms with Gasteiger partial charge in [0.25, 0.3) is 0 Å². The lowest BCUT2D eigenvalue weighted by Crippen LogP contribution is -2.46. The smallest absolute Gasteiger partial charge is 0.169 e. The molecule has 4 heteroatoms. The molecule has 2 heterocycles. The summed E-state index contributed by atoms with van der Waals surface area (Å²) < 4.78 is 23.4. The molecule has 4 nitrogen and oxygen atoms in total. The van der Waals surface area contributed by atoms with Gasteiger partial charge in [0.1, 0.15) is 0 Å². The SMILES string of the molecule is C[C@H]1OC(CC2CC3(C2)O[C@H](C)[C@@H](C)O3)O[C@@H]1C. The maximum atomic E-state index is 5.93. The number of ether oxygens (including phenoxy) is 4. The summed E-state index contributed by atoms with van der Waals surface area (Å²) in [7, 11) is 0. The fourth-order valence-corrected chi connectivity index (χ4v) is 3.19. The van der Waals surface area contributed by atoms with Crippen molar-refractivity contribution < 1.29 is 18.9 Å². The van der Waals surface area contributed by atoms with Gasteiger partial charge >= 0.3 is 0 Å². The van der Waals surface area contributed by atoms with Crippen molar-refractivity contribution in [2.75, 3.05) is 0 Å². The van der Waals surface area contributed by atoms with Gasteiger partial charge in [0.15, 0.2) is 12.1 Å². The first-order valence-electron chi connectivity index (χ1n) is 7.14. The third-order valence-corrected chi connectivity index (χ3v) is 4.58. The summed E-state index contributed by atoms with van der Waals surface area (Å²) in [5.74, 6) is 0.310. The van der Waals surface area contributed by atoms with Crippen LogP contribution < -0.4 is 0 Å². The first-order chi connectivity index (χ1) is 8.47. The van der Waals surface area contributed by atoms with Crippen LogP contribution in [0, 0.1) is 5.92 Å². The summed E-state index contributed by atoms with van der Waals surface area (Å²) in [6.07, 6.45) is 3.74. The molecule has 3 rings (SSSR count). The minimum absolute atomic E-state index is 0.0337. The van der Waals surface area contributed by atoms with Crippen molar-refractivity contribution in [1.29, 1.82) is 0 Å². The molecule has 2 aliphatic heterocycles. The highest BCUT2D eigenvalue weighted by atomic mass is 16.8. The van der Waals surface area contributed by atoms with Crippen molar-refractivity contribution in [2.24, 2.45) is 5.92 Å². The molecule has 3 aliphatic rings. The molecule has 0 aromatic heterocycles. The van der Waals surface area contributed by atoms with E-state index in [4.69, 9.17) is 18.9 Å². The summed E-state index contributed by atoms with van der Waals surface area (Å²) in [4.78, 5) is 0. The van der Waals surface area contributed by atoms with Gasteiger partial charge in [-0.3, -0.25) is 0 Å². The zero-order valence-corrected chi connectivity index (χ0v) is 11.7. The maximum Gasteiger partial charge on any atom is 0.169 e. The van der Waals surface area contributed by atoms with Crippen LogP contribution in [-0.4, -0.2) is 36.5 Å². The predicted molar refractivity (Wildman–Crippen MR) is 66.0 cm³/mol. The van der Waals surface area contributed by atoms with E-state index in [9.17, 15) is 0 Å². The summed E-state index contributed by atoms with van der Waals surface area (Å²) in [6.45, 7) is 8.30. The summed E-state index contributed by atoms with van der Waals surface area (Å²) in [5.41, 5.74) is 0. The lowest BCUT2D eigenvalue weighted by molar-refractivity contribution is -0.250. The summed E-state index contributed by atoms with van der Waals surface area (Å²) in [6, 6.07) is 0. The van der Waals surface area contributed by atoms with Crippen LogP contribution in [0.5, 0.6) is 0 Å². The fraction of sp³-hybridized carbons (Fsp3) is 1.00. The standard InChI is InChI=1S/C14H24O4/c1-8-9(2)16-13(15-8)5-12-6-14(7-12)17-10(3)11(4)18-14/h8-13H,5-7H2,1-4H3/t8-,9-,10-,11-/m1/s1. The molecule has 4 atom stereocenters. The molecule has 2 saturated heterocycles. The van der Waals surface area contributed by atoms with Crippen LogP contribution >= 0.6 is 0 Å². The molecule has 0 amide bonds. The Morgan fingerprint density at radius 3 is 1.83 bits per heavy atom. The van der Waals surface area contributed by atoms with Crippen molar-refractivity contribution in [3.63, 3.8) is 0 Å².